The van der Waals surface area contributed by atoms with Crippen LogP contribution in [0.25, 0.3) is 43.8 Å². The first-order valence-corrected chi connectivity index (χ1v) is 8.81. The predicted octanol–water partition coefficient (Wildman–Crippen LogP) is 6.72. The second-order valence-electron chi connectivity index (χ2n) is 6.54. The minimum absolute atomic E-state index is 1.19. The van der Waals surface area contributed by atoms with E-state index >= 15 is 0 Å². The highest BCUT2D eigenvalue weighted by atomic mass is 14.6. The van der Waals surface area contributed by atoms with Gasteiger partial charge in [0.2, 0.25) is 0 Å². The molecule has 0 spiro atoms. The van der Waals surface area contributed by atoms with Crippen molar-refractivity contribution in [3.05, 3.63) is 103 Å². The Bertz CT molecular complexity index is 1220. The fourth-order valence-corrected chi connectivity index (χ4v) is 3.63. The molecule has 0 unspecified atom stereocenters. The third-order valence-corrected chi connectivity index (χ3v) is 4.93. The van der Waals surface area contributed by atoms with Gasteiger partial charge in [0.15, 0.2) is 0 Å². The minimum atomic E-state index is 1.19. The van der Waals surface area contributed by atoms with Gasteiger partial charge in [0.25, 0.3) is 0 Å². The Labute approximate surface area is 152 Å². The largest absolute Gasteiger partial charge is 0.265 e. The third kappa shape index (κ3) is 2.55. The Hall–Kier alpha value is -3.45. The van der Waals surface area contributed by atoms with Gasteiger partial charge in [0.05, 0.1) is 0 Å². The van der Waals surface area contributed by atoms with E-state index in [9.17, 15) is 0 Å². The van der Waals surface area contributed by atoms with E-state index < -0.39 is 0 Å². The fourth-order valence-electron chi connectivity index (χ4n) is 3.63. The maximum absolute atomic E-state index is 4.12. The molecule has 5 rings (SSSR count). The van der Waals surface area contributed by atoms with Crippen molar-refractivity contribution in [3.8, 4) is 22.3 Å². The Kier molecular flexibility index (Phi) is 3.50. The Morgan fingerprint density at radius 3 is 2.00 bits per heavy atom. The van der Waals surface area contributed by atoms with Crippen LogP contribution in [-0.2, 0) is 0 Å². The molecule has 1 heteroatoms. The van der Waals surface area contributed by atoms with Crippen LogP contribution in [0.5, 0.6) is 0 Å². The minimum Gasteiger partial charge on any atom is -0.265 e. The Morgan fingerprint density at radius 1 is 0.462 bits per heavy atom. The first kappa shape index (κ1) is 14.9. The van der Waals surface area contributed by atoms with Crippen molar-refractivity contribution in [2.24, 2.45) is 0 Å². The van der Waals surface area contributed by atoms with Crippen LogP contribution in [0.15, 0.2) is 103 Å². The van der Waals surface area contributed by atoms with E-state index in [1.807, 2.05) is 12.4 Å². The van der Waals surface area contributed by atoms with E-state index in [4.69, 9.17) is 0 Å². The molecule has 1 aromatic heterocycles. The molecule has 5 aromatic rings. The molecule has 1 heterocycles. The van der Waals surface area contributed by atoms with Crippen molar-refractivity contribution < 1.29 is 0 Å². The number of fused-ring (bicyclic) bond motifs is 2. The predicted molar refractivity (Wildman–Crippen MR) is 110 cm³/mol. The summed E-state index contributed by atoms with van der Waals surface area (Å²) in [5, 5.41) is 5.12. The van der Waals surface area contributed by atoms with Gasteiger partial charge in [0, 0.05) is 12.4 Å². The van der Waals surface area contributed by atoms with Crippen LogP contribution in [0.3, 0.4) is 0 Å². The lowest BCUT2D eigenvalue weighted by molar-refractivity contribution is 1.33. The summed E-state index contributed by atoms with van der Waals surface area (Å²) in [5.74, 6) is 0. The van der Waals surface area contributed by atoms with Crippen molar-refractivity contribution in [1.29, 1.82) is 0 Å². The van der Waals surface area contributed by atoms with Crippen LogP contribution in [0.2, 0.25) is 0 Å². The average Bonchev–Trinajstić information content (AvgIpc) is 2.72. The molecule has 0 aliphatic rings. The van der Waals surface area contributed by atoms with E-state index in [1.165, 1.54) is 43.8 Å². The van der Waals surface area contributed by atoms with Gasteiger partial charge in [-0.15, -0.1) is 0 Å². The van der Waals surface area contributed by atoms with Crippen LogP contribution in [0.4, 0.5) is 0 Å². The maximum Gasteiger partial charge on any atom is 0.0273 e. The van der Waals surface area contributed by atoms with E-state index in [0.29, 0.717) is 0 Å². The molecule has 0 radical (unpaired) electrons. The van der Waals surface area contributed by atoms with E-state index in [0.717, 1.165) is 0 Å². The first-order valence-electron chi connectivity index (χ1n) is 8.81. The Morgan fingerprint density at radius 2 is 1.15 bits per heavy atom. The summed E-state index contributed by atoms with van der Waals surface area (Å²) >= 11 is 0. The van der Waals surface area contributed by atoms with E-state index in [1.54, 1.807) is 0 Å². The summed E-state index contributed by atoms with van der Waals surface area (Å²) in [6, 6.07) is 32.5. The molecule has 26 heavy (non-hydrogen) atoms. The van der Waals surface area contributed by atoms with E-state index in [-0.39, 0.29) is 0 Å². The number of benzene rings is 4. The molecular weight excluding hydrogens is 314 g/mol. The topological polar surface area (TPSA) is 12.9 Å². The molecule has 4 aromatic carbocycles. The summed E-state index contributed by atoms with van der Waals surface area (Å²) in [7, 11) is 0. The average molecular weight is 331 g/mol. The lowest BCUT2D eigenvalue weighted by Crippen LogP contribution is -1.84. The standard InChI is InChI=1S/C25H17N/c1-2-6-21-17-25-23(16-20(21)5-1)9-4-10-24(25)22-8-3-7-19(15-22)18-11-13-26-14-12-18/h1-17H. The molecule has 0 saturated heterocycles. The van der Waals surface area contributed by atoms with Gasteiger partial charge in [-0.25, -0.2) is 0 Å². The van der Waals surface area contributed by atoms with Gasteiger partial charge < -0.3 is 0 Å². The van der Waals surface area contributed by atoms with Crippen molar-refractivity contribution in [2.75, 3.05) is 0 Å². The normalized spacial score (nSPS) is 11.1. The number of rotatable bonds is 2. The number of hydrogen-bond acceptors (Lipinski definition) is 1. The van der Waals surface area contributed by atoms with Crippen molar-refractivity contribution in [3.63, 3.8) is 0 Å². The summed E-state index contributed by atoms with van der Waals surface area (Å²) < 4.78 is 0. The van der Waals surface area contributed by atoms with Gasteiger partial charge >= 0.3 is 0 Å². The van der Waals surface area contributed by atoms with Crippen LogP contribution >= 0.6 is 0 Å². The summed E-state index contributed by atoms with van der Waals surface area (Å²) in [5.41, 5.74) is 4.90. The molecular formula is C25H17N. The highest BCUT2D eigenvalue weighted by Crippen LogP contribution is 2.33. The van der Waals surface area contributed by atoms with E-state index in [2.05, 4.69) is 96.0 Å². The second-order valence-corrected chi connectivity index (χ2v) is 6.54. The Balaban J connectivity index is 1.73. The van der Waals surface area contributed by atoms with Crippen molar-refractivity contribution >= 4 is 21.5 Å². The van der Waals surface area contributed by atoms with Gasteiger partial charge in [-0.1, -0.05) is 60.7 Å². The number of nitrogens with zero attached hydrogens (tertiary/aromatic N) is 1. The van der Waals surface area contributed by atoms with Crippen LogP contribution in [0, 0.1) is 0 Å². The quantitative estimate of drug-likeness (QED) is 0.327. The van der Waals surface area contributed by atoms with Gasteiger partial charge in [0.1, 0.15) is 0 Å². The van der Waals surface area contributed by atoms with Crippen LogP contribution in [0.1, 0.15) is 0 Å². The molecule has 0 saturated carbocycles. The molecule has 0 aliphatic carbocycles. The molecule has 0 amide bonds. The molecule has 0 N–H and O–H groups in total. The smallest absolute Gasteiger partial charge is 0.0273 e. The van der Waals surface area contributed by atoms with Gasteiger partial charge in [-0.05, 0) is 74.1 Å². The SMILES string of the molecule is c1cc(-c2ccncc2)cc(-c2cccc3cc4ccccc4cc23)c1. The van der Waals surface area contributed by atoms with Crippen molar-refractivity contribution in [1.82, 2.24) is 4.98 Å². The summed E-state index contributed by atoms with van der Waals surface area (Å²) in [4.78, 5) is 4.12. The maximum atomic E-state index is 4.12. The van der Waals surface area contributed by atoms with Gasteiger partial charge in [-0.2, -0.15) is 0 Å². The number of aromatic nitrogens is 1. The van der Waals surface area contributed by atoms with Gasteiger partial charge in [-0.3, -0.25) is 4.98 Å². The molecule has 0 fully saturated rings. The summed E-state index contributed by atoms with van der Waals surface area (Å²) in [6.45, 7) is 0. The first-order chi connectivity index (χ1) is 12.9. The fraction of sp³-hybridized carbons (Fsp3) is 0. The zero-order valence-corrected chi connectivity index (χ0v) is 14.3. The lowest BCUT2D eigenvalue weighted by atomic mass is 9.94. The number of pyridine rings is 1. The zero-order valence-electron chi connectivity index (χ0n) is 14.3. The van der Waals surface area contributed by atoms with Crippen LogP contribution < -0.4 is 0 Å². The third-order valence-electron chi connectivity index (χ3n) is 4.93. The molecule has 0 bridgehead atoms. The van der Waals surface area contributed by atoms with Crippen LogP contribution in [-0.4, -0.2) is 4.98 Å². The summed E-state index contributed by atoms with van der Waals surface area (Å²) in [6.07, 6.45) is 3.68. The van der Waals surface area contributed by atoms with Crippen molar-refractivity contribution in [2.45, 2.75) is 0 Å². The molecule has 0 atom stereocenters. The zero-order chi connectivity index (χ0) is 17.3. The molecule has 122 valence electrons. The highest BCUT2D eigenvalue weighted by molar-refractivity contribution is 6.05. The highest BCUT2D eigenvalue weighted by Gasteiger charge is 2.07. The monoisotopic (exact) mass is 331 g/mol. The second kappa shape index (κ2) is 6.12. The molecule has 1 nitrogen and oxygen atoms in total. The molecule has 0 aliphatic heterocycles. The lowest BCUT2D eigenvalue weighted by Gasteiger charge is -2.10. The number of hydrogen-bond donors (Lipinski definition) is 0.